The molecular weight excluding hydrogens is 176 g/mol. The summed E-state index contributed by atoms with van der Waals surface area (Å²) in [7, 11) is 0. The zero-order valence-electron chi connectivity index (χ0n) is 7.36. The lowest BCUT2D eigenvalue weighted by molar-refractivity contribution is 0.646. The van der Waals surface area contributed by atoms with Gasteiger partial charge in [-0.3, -0.25) is 0 Å². The normalized spacial score (nSPS) is 18.8. The molecule has 0 aliphatic heterocycles. The summed E-state index contributed by atoms with van der Waals surface area (Å²) in [6.07, 6.45) is 4.67. The topological polar surface area (TPSA) is 0 Å². The molecule has 0 aromatic carbocycles. The Morgan fingerprint density at radius 2 is 2.11 bits per heavy atom. The minimum absolute atomic E-state index is 0.0894. The minimum atomic E-state index is 0.0894. The highest BCUT2D eigenvalue weighted by atomic mass is 79.9. The Hall–Kier alpha value is 0.480. The second kappa shape index (κ2) is 6.60. The van der Waals surface area contributed by atoms with Crippen LogP contribution < -0.4 is 0 Å². The second-order valence-electron chi connectivity index (χ2n) is 2.30. The minimum Gasteiger partial charge on any atom is -0.0891 e. The van der Waals surface area contributed by atoms with Gasteiger partial charge in [0.1, 0.15) is 0 Å². The molecule has 0 aliphatic carbocycles. The molecule has 0 bridgehead atoms. The summed E-state index contributed by atoms with van der Waals surface area (Å²) in [6, 6.07) is 0. The van der Waals surface area contributed by atoms with Gasteiger partial charge in [-0.05, 0) is 12.8 Å². The van der Waals surface area contributed by atoms with Crippen molar-refractivity contribution >= 4 is 15.9 Å². The van der Waals surface area contributed by atoms with Crippen molar-refractivity contribution in [2.45, 2.75) is 50.8 Å². The predicted molar refractivity (Wildman–Crippen MR) is 47.1 cm³/mol. The Kier molecular flexibility index (Phi) is 5.56. The lowest BCUT2D eigenvalue weighted by atomic mass is 10.1. The molecule has 0 unspecified atom stereocenters. The summed E-state index contributed by atoms with van der Waals surface area (Å²) in [5.74, 6) is 0. The number of hydrogen-bond donors (Lipinski definition) is 0. The molecule has 0 saturated heterocycles. The summed E-state index contributed by atoms with van der Waals surface area (Å²) < 4.78 is 7.56. The maximum Gasteiger partial charge on any atom is 0.0278 e. The van der Waals surface area contributed by atoms with Crippen molar-refractivity contribution in [2.24, 2.45) is 0 Å². The van der Waals surface area contributed by atoms with E-state index in [1.165, 1.54) is 12.8 Å². The van der Waals surface area contributed by atoms with E-state index in [1.54, 1.807) is 0 Å². The predicted octanol–water partition coefficient (Wildman–Crippen LogP) is 3.74. The summed E-state index contributed by atoms with van der Waals surface area (Å²) in [5, 5.41) is 0. The van der Waals surface area contributed by atoms with Gasteiger partial charge >= 0.3 is 0 Å². The van der Waals surface area contributed by atoms with Crippen LogP contribution in [0, 0.1) is 0 Å². The highest BCUT2D eigenvalue weighted by Crippen LogP contribution is 2.14. The van der Waals surface area contributed by atoms with Crippen molar-refractivity contribution in [1.82, 2.24) is 0 Å². The van der Waals surface area contributed by atoms with Crippen molar-refractivity contribution in [3.05, 3.63) is 0 Å². The summed E-state index contributed by atoms with van der Waals surface area (Å²) >= 11 is 3.52. The van der Waals surface area contributed by atoms with E-state index >= 15 is 0 Å². The van der Waals surface area contributed by atoms with Crippen molar-refractivity contribution in [1.29, 1.82) is 0 Å². The molecule has 0 aromatic heterocycles. The van der Waals surface area contributed by atoms with E-state index in [1.807, 2.05) is 0 Å². The zero-order chi connectivity index (χ0) is 7.98. The van der Waals surface area contributed by atoms with E-state index in [4.69, 9.17) is 1.37 Å². The van der Waals surface area contributed by atoms with Crippen LogP contribution in [0.25, 0.3) is 0 Å². The van der Waals surface area contributed by atoms with Crippen molar-refractivity contribution in [3.8, 4) is 0 Å². The van der Waals surface area contributed by atoms with E-state index < -0.39 is 0 Å². The number of unbranched alkanes of at least 4 members (excludes halogenated alkanes) is 1. The molecule has 0 rings (SSSR count). The van der Waals surface area contributed by atoms with Gasteiger partial charge in [-0.25, -0.2) is 0 Å². The van der Waals surface area contributed by atoms with Crippen molar-refractivity contribution in [3.63, 3.8) is 0 Å². The van der Waals surface area contributed by atoms with Gasteiger partial charge in [0.25, 0.3) is 0 Å². The van der Waals surface area contributed by atoms with Crippen LogP contribution in [0.15, 0.2) is 0 Å². The van der Waals surface area contributed by atoms with E-state index in [-0.39, 0.29) is 6.40 Å². The number of hydrogen-bond acceptors (Lipinski definition) is 0. The maximum absolute atomic E-state index is 7.56. The van der Waals surface area contributed by atoms with E-state index in [2.05, 4.69) is 29.8 Å². The number of alkyl halides is 1. The molecule has 2 atom stereocenters. The molecule has 9 heavy (non-hydrogen) atoms. The standard InChI is InChI=1S/C8H17Br/c1-3-5-7-8(9)6-4-2/h8H,3-7H2,1-2H3/t8-/m0/s1/i6D/t6-,8-. The zero-order valence-corrected chi connectivity index (χ0v) is 7.95. The fourth-order valence-corrected chi connectivity index (χ4v) is 1.47. The van der Waals surface area contributed by atoms with Gasteiger partial charge in [0.05, 0.1) is 0 Å². The van der Waals surface area contributed by atoms with Crippen LogP contribution in [-0.2, 0) is 0 Å². The fourth-order valence-electron chi connectivity index (χ4n) is 0.773. The smallest absolute Gasteiger partial charge is 0.0278 e. The summed E-state index contributed by atoms with van der Waals surface area (Å²) in [6.45, 7) is 4.25. The molecule has 0 spiro atoms. The van der Waals surface area contributed by atoms with E-state index in [9.17, 15) is 0 Å². The molecule has 0 fully saturated rings. The van der Waals surface area contributed by atoms with Gasteiger partial charge < -0.3 is 0 Å². The van der Waals surface area contributed by atoms with Crippen LogP contribution in [0.2, 0.25) is 0 Å². The third-order valence-electron chi connectivity index (χ3n) is 1.32. The van der Waals surface area contributed by atoms with E-state index in [0.29, 0.717) is 4.83 Å². The first kappa shape index (κ1) is 7.59. The van der Waals surface area contributed by atoms with E-state index in [0.717, 1.165) is 12.8 Å². The van der Waals surface area contributed by atoms with Gasteiger partial charge in [-0.2, -0.15) is 0 Å². The van der Waals surface area contributed by atoms with Crippen molar-refractivity contribution in [2.75, 3.05) is 0 Å². The maximum atomic E-state index is 7.56. The quantitative estimate of drug-likeness (QED) is 0.585. The SMILES string of the molecule is [2H][C@@H](CC)[C@H](Br)CCCC. The third-order valence-corrected chi connectivity index (χ3v) is 2.16. The van der Waals surface area contributed by atoms with Crippen LogP contribution in [0.5, 0.6) is 0 Å². The highest BCUT2D eigenvalue weighted by molar-refractivity contribution is 9.09. The van der Waals surface area contributed by atoms with Crippen LogP contribution >= 0.6 is 15.9 Å². The Labute approximate surface area is 68.6 Å². The van der Waals surface area contributed by atoms with Crippen LogP contribution in [0.3, 0.4) is 0 Å². The molecule has 0 radical (unpaired) electrons. The molecule has 0 amide bonds. The van der Waals surface area contributed by atoms with Gasteiger partial charge in [-0.15, -0.1) is 0 Å². The first-order valence-corrected chi connectivity index (χ1v) is 4.70. The molecular formula is C8H17Br. The average molecular weight is 194 g/mol. The van der Waals surface area contributed by atoms with Gasteiger partial charge in [-0.1, -0.05) is 49.0 Å². The fraction of sp³-hybridized carbons (Fsp3) is 1.00. The van der Waals surface area contributed by atoms with Crippen LogP contribution in [0.1, 0.15) is 47.3 Å². The molecule has 0 heterocycles. The largest absolute Gasteiger partial charge is 0.0891 e. The summed E-state index contributed by atoms with van der Waals surface area (Å²) in [5.41, 5.74) is 0. The lowest BCUT2D eigenvalue weighted by Gasteiger charge is -2.05. The van der Waals surface area contributed by atoms with Crippen LogP contribution in [0.4, 0.5) is 0 Å². The lowest BCUT2D eigenvalue weighted by Crippen LogP contribution is -1.95. The Balaban J connectivity index is 3.31. The monoisotopic (exact) mass is 193 g/mol. The highest BCUT2D eigenvalue weighted by Gasteiger charge is 1.99. The number of rotatable bonds is 5. The third kappa shape index (κ3) is 6.36. The van der Waals surface area contributed by atoms with Gasteiger partial charge in [0.15, 0.2) is 0 Å². The Morgan fingerprint density at radius 1 is 1.44 bits per heavy atom. The molecule has 1 heteroatoms. The second-order valence-corrected chi connectivity index (χ2v) is 3.48. The Morgan fingerprint density at radius 3 is 2.56 bits per heavy atom. The Bertz CT molecular complexity index is 75.7. The first-order chi connectivity index (χ1) is 4.72. The molecule has 0 aliphatic rings. The molecule has 0 N–H and O–H groups in total. The van der Waals surface area contributed by atoms with Gasteiger partial charge in [0, 0.05) is 6.20 Å². The van der Waals surface area contributed by atoms with Crippen molar-refractivity contribution < 1.29 is 1.37 Å². The molecule has 0 saturated carbocycles. The first-order valence-electron chi connectivity index (χ1n) is 4.36. The molecule has 0 nitrogen and oxygen atoms in total. The van der Waals surface area contributed by atoms with Gasteiger partial charge in [0.2, 0.25) is 0 Å². The van der Waals surface area contributed by atoms with Crippen LogP contribution in [-0.4, -0.2) is 4.83 Å². The molecule has 56 valence electrons. The summed E-state index contributed by atoms with van der Waals surface area (Å²) in [4.78, 5) is 0.414. The molecule has 0 aromatic rings. The number of halogens is 1. The average Bonchev–Trinajstić information content (AvgIpc) is 1.98.